The SMILES string of the molecule is Cn1ncc2c1CCCC2NC(=O)c1ccc(Br)c(Cl)c1. The second-order valence-corrected chi connectivity index (χ2v) is 6.48. The Morgan fingerprint density at radius 3 is 3.10 bits per heavy atom. The van der Waals surface area contributed by atoms with Crippen LogP contribution in [0.1, 0.15) is 40.5 Å². The summed E-state index contributed by atoms with van der Waals surface area (Å²) in [6, 6.07) is 5.25. The summed E-state index contributed by atoms with van der Waals surface area (Å²) in [4.78, 5) is 12.4. The van der Waals surface area contributed by atoms with E-state index in [0.29, 0.717) is 10.6 Å². The number of rotatable bonds is 2. The molecule has 1 N–H and O–H groups in total. The van der Waals surface area contributed by atoms with Crippen LogP contribution in [0.3, 0.4) is 0 Å². The van der Waals surface area contributed by atoms with Crippen LogP contribution in [0.2, 0.25) is 5.02 Å². The number of amides is 1. The number of benzene rings is 1. The minimum absolute atomic E-state index is 0.0253. The van der Waals surface area contributed by atoms with Crippen LogP contribution in [0.25, 0.3) is 0 Å². The van der Waals surface area contributed by atoms with Crippen LogP contribution in [0.5, 0.6) is 0 Å². The third-order valence-corrected chi connectivity index (χ3v) is 5.10. The van der Waals surface area contributed by atoms with Gasteiger partial charge in [-0.2, -0.15) is 5.10 Å². The van der Waals surface area contributed by atoms with E-state index in [0.717, 1.165) is 29.3 Å². The first-order valence-electron chi connectivity index (χ1n) is 6.83. The average Bonchev–Trinajstić information content (AvgIpc) is 2.85. The third kappa shape index (κ3) is 2.85. The number of nitrogens with one attached hydrogen (secondary N) is 1. The van der Waals surface area contributed by atoms with Gasteiger partial charge in [0.1, 0.15) is 0 Å². The van der Waals surface area contributed by atoms with Gasteiger partial charge in [-0.3, -0.25) is 9.48 Å². The van der Waals surface area contributed by atoms with E-state index in [-0.39, 0.29) is 11.9 Å². The lowest BCUT2D eigenvalue weighted by Crippen LogP contribution is -2.30. The van der Waals surface area contributed by atoms with E-state index in [2.05, 4.69) is 26.3 Å². The van der Waals surface area contributed by atoms with E-state index in [1.54, 1.807) is 18.2 Å². The standard InChI is InChI=1S/C15H15BrClN3O/c1-20-14-4-2-3-13(10(14)8-18-20)19-15(21)9-5-6-11(16)12(17)7-9/h5-8,13H,2-4H2,1H3,(H,19,21). The summed E-state index contributed by atoms with van der Waals surface area (Å²) in [7, 11) is 1.94. The van der Waals surface area contributed by atoms with Crippen LogP contribution >= 0.6 is 27.5 Å². The van der Waals surface area contributed by atoms with E-state index in [9.17, 15) is 4.79 Å². The number of carbonyl (C=O) groups is 1. The molecule has 0 fully saturated rings. The first-order valence-corrected chi connectivity index (χ1v) is 8.00. The fourth-order valence-electron chi connectivity index (χ4n) is 2.74. The molecular formula is C15H15BrClN3O. The molecule has 2 aromatic rings. The molecule has 21 heavy (non-hydrogen) atoms. The molecule has 110 valence electrons. The summed E-state index contributed by atoms with van der Waals surface area (Å²) in [5.74, 6) is -0.105. The zero-order chi connectivity index (χ0) is 15.0. The summed E-state index contributed by atoms with van der Waals surface area (Å²) in [6.07, 6.45) is 4.86. The van der Waals surface area contributed by atoms with Gasteiger partial charge in [-0.05, 0) is 53.4 Å². The maximum Gasteiger partial charge on any atom is 0.251 e. The lowest BCUT2D eigenvalue weighted by Gasteiger charge is -2.23. The van der Waals surface area contributed by atoms with Gasteiger partial charge in [0.15, 0.2) is 0 Å². The van der Waals surface area contributed by atoms with Crippen molar-refractivity contribution in [3.8, 4) is 0 Å². The molecule has 1 heterocycles. The van der Waals surface area contributed by atoms with Gasteiger partial charge in [-0.1, -0.05) is 11.6 Å². The van der Waals surface area contributed by atoms with E-state index in [4.69, 9.17) is 11.6 Å². The Morgan fingerprint density at radius 2 is 2.33 bits per heavy atom. The fraction of sp³-hybridized carbons (Fsp3) is 0.333. The second-order valence-electron chi connectivity index (χ2n) is 5.22. The van der Waals surface area contributed by atoms with Gasteiger partial charge in [0.05, 0.1) is 17.3 Å². The Morgan fingerprint density at radius 1 is 1.52 bits per heavy atom. The van der Waals surface area contributed by atoms with Crippen molar-refractivity contribution in [3.63, 3.8) is 0 Å². The lowest BCUT2D eigenvalue weighted by atomic mass is 9.93. The summed E-state index contributed by atoms with van der Waals surface area (Å²) < 4.78 is 2.68. The molecule has 1 aromatic heterocycles. The molecule has 0 bridgehead atoms. The van der Waals surface area contributed by atoms with Crippen molar-refractivity contribution in [3.05, 3.63) is 50.7 Å². The first-order chi connectivity index (χ1) is 10.1. The molecule has 0 aliphatic heterocycles. The van der Waals surface area contributed by atoms with E-state index in [1.807, 2.05) is 17.9 Å². The van der Waals surface area contributed by atoms with E-state index < -0.39 is 0 Å². The van der Waals surface area contributed by atoms with Crippen molar-refractivity contribution in [2.45, 2.75) is 25.3 Å². The van der Waals surface area contributed by atoms with Gasteiger partial charge in [-0.15, -0.1) is 0 Å². The van der Waals surface area contributed by atoms with Crippen molar-refractivity contribution >= 4 is 33.4 Å². The predicted molar refractivity (Wildman–Crippen MR) is 85.5 cm³/mol. The molecule has 1 aromatic carbocycles. The normalized spacial score (nSPS) is 17.4. The Labute approximate surface area is 136 Å². The molecule has 1 atom stereocenters. The molecule has 3 rings (SSSR count). The van der Waals surface area contributed by atoms with Gasteiger partial charge in [0, 0.05) is 28.3 Å². The number of halogens is 2. The number of hydrogen-bond acceptors (Lipinski definition) is 2. The molecular weight excluding hydrogens is 354 g/mol. The average molecular weight is 369 g/mol. The monoisotopic (exact) mass is 367 g/mol. The van der Waals surface area contributed by atoms with Crippen LogP contribution in [-0.2, 0) is 13.5 Å². The molecule has 0 radical (unpaired) electrons. The summed E-state index contributed by atoms with van der Waals surface area (Å²) in [6.45, 7) is 0. The first kappa shape index (κ1) is 14.6. The Kier molecular flexibility index (Phi) is 4.04. The van der Waals surface area contributed by atoms with Gasteiger partial charge in [0.2, 0.25) is 0 Å². The quantitative estimate of drug-likeness (QED) is 0.879. The van der Waals surface area contributed by atoms with Crippen molar-refractivity contribution in [1.82, 2.24) is 15.1 Å². The second kappa shape index (κ2) is 5.81. The Hall–Kier alpha value is -1.33. The summed E-state index contributed by atoms with van der Waals surface area (Å²) in [5, 5.41) is 7.91. The highest BCUT2D eigenvalue weighted by atomic mass is 79.9. The molecule has 4 nitrogen and oxygen atoms in total. The number of aromatic nitrogens is 2. The summed E-state index contributed by atoms with van der Waals surface area (Å²) >= 11 is 9.37. The number of carbonyl (C=O) groups excluding carboxylic acids is 1. The van der Waals surface area contributed by atoms with Crippen LogP contribution < -0.4 is 5.32 Å². The number of hydrogen-bond donors (Lipinski definition) is 1. The fourth-order valence-corrected chi connectivity index (χ4v) is 3.16. The number of aryl methyl sites for hydroxylation is 1. The molecule has 1 unspecified atom stereocenters. The molecule has 0 saturated heterocycles. The van der Waals surface area contributed by atoms with Gasteiger partial charge >= 0.3 is 0 Å². The topological polar surface area (TPSA) is 46.9 Å². The maximum absolute atomic E-state index is 12.4. The summed E-state index contributed by atoms with van der Waals surface area (Å²) in [5.41, 5.74) is 2.90. The lowest BCUT2D eigenvalue weighted by molar-refractivity contribution is 0.0932. The van der Waals surface area contributed by atoms with Gasteiger partial charge < -0.3 is 5.32 Å². The van der Waals surface area contributed by atoms with E-state index >= 15 is 0 Å². The van der Waals surface area contributed by atoms with Crippen LogP contribution in [0.4, 0.5) is 0 Å². The molecule has 1 aliphatic rings. The minimum atomic E-state index is -0.105. The predicted octanol–water partition coefficient (Wildman–Crippen LogP) is 3.64. The van der Waals surface area contributed by atoms with Crippen molar-refractivity contribution in [1.29, 1.82) is 0 Å². The zero-order valence-corrected chi connectivity index (χ0v) is 13.9. The van der Waals surface area contributed by atoms with E-state index in [1.165, 1.54) is 5.69 Å². The number of nitrogens with zero attached hydrogens (tertiary/aromatic N) is 2. The maximum atomic E-state index is 12.4. The molecule has 1 amide bonds. The number of fused-ring (bicyclic) bond motifs is 1. The zero-order valence-electron chi connectivity index (χ0n) is 11.6. The smallest absolute Gasteiger partial charge is 0.251 e. The Bertz CT molecular complexity index is 698. The molecule has 6 heteroatoms. The van der Waals surface area contributed by atoms with Crippen LogP contribution in [0, 0.1) is 0 Å². The minimum Gasteiger partial charge on any atom is -0.345 e. The van der Waals surface area contributed by atoms with Crippen molar-refractivity contribution in [2.24, 2.45) is 7.05 Å². The largest absolute Gasteiger partial charge is 0.345 e. The highest BCUT2D eigenvalue weighted by molar-refractivity contribution is 9.10. The molecule has 0 spiro atoms. The van der Waals surface area contributed by atoms with Crippen molar-refractivity contribution < 1.29 is 4.79 Å². The van der Waals surface area contributed by atoms with Crippen LogP contribution in [-0.4, -0.2) is 15.7 Å². The molecule has 0 saturated carbocycles. The Balaban J connectivity index is 1.81. The third-order valence-electron chi connectivity index (χ3n) is 3.86. The van der Waals surface area contributed by atoms with Crippen molar-refractivity contribution in [2.75, 3.05) is 0 Å². The highest BCUT2D eigenvalue weighted by Gasteiger charge is 2.25. The van der Waals surface area contributed by atoms with Crippen LogP contribution in [0.15, 0.2) is 28.9 Å². The molecule has 1 aliphatic carbocycles. The highest BCUT2D eigenvalue weighted by Crippen LogP contribution is 2.30. The van der Waals surface area contributed by atoms with Gasteiger partial charge in [-0.25, -0.2) is 0 Å². The van der Waals surface area contributed by atoms with Gasteiger partial charge in [0.25, 0.3) is 5.91 Å².